The molecule has 5 heteroatoms. The maximum Gasteiger partial charge on any atom is 0.174 e. The van der Waals surface area contributed by atoms with E-state index >= 15 is 0 Å². The molecule has 4 rings (SSSR count). The molecular formula is C13H11N3O2. The molecule has 2 aliphatic heterocycles. The molecule has 2 aliphatic rings. The van der Waals surface area contributed by atoms with E-state index in [-0.39, 0.29) is 12.3 Å². The summed E-state index contributed by atoms with van der Waals surface area (Å²) in [5.74, 6) is 0.419. The Kier molecular flexibility index (Phi) is 1.82. The van der Waals surface area contributed by atoms with Crippen molar-refractivity contribution in [1.29, 1.82) is 0 Å². The predicted octanol–water partition coefficient (Wildman–Crippen LogP) is 1.64. The molecule has 90 valence electrons. The highest BCUT2D eigenvalue weighted by Gasteiger charge is 2.42. The minimum absolute atomic E-state index is 0.0884. The first-order valence-corrected chi connectivity index (χ1v) is 5.76. The van der Waals surface area contributed by atoms with Crippen LogP contribution in [0.3, 0.4) is 0 Å². The van der Waals surface area contributed by atoms with Gasteiger partial charge in [-0.25, -0.2) is 0 Å². The smallest absolute Gasteiger partial charge is 0.174 e. The zero-order chi connectivity index (χ0) is 12.1. The second-order valence-electron chi connectivity index (χ2n) is 4.40. The van der Waals surface area contributed by atoms with Crippen molar-refractivity contribution in [3.63, 3.8) is 0 Å². The van der Waals surface area contributed by atoms with Gasteiger partial charge in [0.25, 0.3) is 0 Å². The van der Waals surface area contributed by atoms with Gasteiger partial charge in [0.2, 0.25) is 0 Å². The van der Waals surface area contributed by atoms with Gasteiger partial charge in [-0.2, -0.15) is 0 Å². The average molecular weight is 241 g/mol. The summed E-state index contributed by atoms with van der Waals surface area (Å²) in [6.07, 6.45) is 6.12. The molecule has 1 aromatic carbocycles. The molecule has 0 aliphatic carbocycles. The summed E-state index contributed by atoms with van der Waals surface area (Å²) in [5, 5.41) is 7.75. The Labute approximate surface area is 103 Å². The van der Waals surface area contributed by atoms with Crippen molar-refractivity contribution >= 4 is 22.4 Å². The van der Waals surface area contributed by atoms with E-state index < -0.39 is 0 Å². The summed E-state index contributed by atoms with van der Waals surface area (Å²) >= 11 is 0. The third kappa shape index (κ3) is 1.34. The number of nitrogen functional groups attached to an aromatic ring is 1. The van der Waals surface area contributed by atoms with Crippen LogP contribution in [0.5, 0.6) is 0 Å². The molecule has 2 unspecified atom stereocenters. The minimum atomic E-state index is 0.0884. The normalized spacial score (nSPS) is 25.2. The SMILES string of the molecule is Nc1noc2ccc(C3=CC=CNC4OC34)cc12. The van der Waals surface area contributed by atoms with Crippen LogP contribution in [0.1, 0.15) is 5.56 Å². The molecule has 0 radical (unpaired) electrons. The minimum Gasteiger partial charge on any atom is -0.380 e. The lowest BCUT2D eigenvalue weighted by molar-refractivity contribution is 0.376. The molecular weight excluding hydrogens is 230 g/mol. The van der Waals surface area contributed by atoms with Crippen molar-refractivity contribution in [1.82, 2.24) is 10.5 Å². The van der Waals surface area contributed by atoms with E-state index in [1.165, 1.54) is 0 Å². The highest BCUT2D eigenvalue weighted by atomic mass is 16.6. The van der Waals surface area contributed by atoms with Crippen molar-refractivity contribution in [2.75, 3.05) is 5.73 Å². The van der Waals surface area contributed by atoms with Crippen molar-refractivity contribution in [3.05, 3.63) is 42.1 Å². The van der Waals surface area contributed by atoms with E-state index in [1.54, 1.807) is 0 Å². The molecule has 2 atom stereocenters. The van der Waals surface area contributed by atoms with Crippen LogP contribution in [-0.2, 0) is 4.74 Å². The molecule has 0 bridgehead atoms. The Morgan fingerprint density at radius 3 is 3.22 bits per heavy atom. The molecule has 3 heterocycles. The Bertz CT molecular complexity index is 687. The van der Waals surface area contributed by atoms with Crippen LogP contribution >= 0.6 is 0 Å². The lowest BCUT2D eigenvalue weighted by Crippen LogP contribution is -2.11. The standard InChI is InChI=1S/C13H11N3O2/c14-12-9-6-7(3-4-10(9)18-16-12)8-2-1-5-15-13-11(8)17-13/h1-6,11,13,15H,(H2,14,16). The fourth-order valence-corrected chi connectivity index (χ4v) is 2.27. The molecule has 0 spiro atoms. The number of nitrogens with two attached hydrogens (primary N) is 1. The van der Waals surface area contributed by atoms with Crippen LogP contribution < -0.4 is 11.1 Å². The maximum absolute atomic E-state index is 5.77. The third-order valence-corrected chi connectivity index (χ3v) is 3.26. The van der Waals surface area contributed by atoms with E-state index in [1.807, 2.05) is 30.5 Å². The van der Waals surface area contributed by atoms with Crippen molar-refractivity contribution in [2.24, 2.45) is 0 Å². The molecule has 5 nitrogen and oxygen atoms in total. The van der Waals surface area contributed by atoms with Gasteiger partial charge in [0, 0.05) is 0 Å². The van der Waals surface area contributed by atoms with Crippen LogP contribution in [0.2, 0.25) is 0 Å². The summed E-state index contributed by atoms with van der Waals surface area (Å²) in [6, 6.07) is 5.87. The highest BCUT2D eigenvalue weighted by Crippen LogP contribution is 2.36. The fraction of sp³-hybridized carbons (Fsp3) is 0.154. The topological polar surface area (TPSA) is 76.6 Å². The first-order valence-electron chi connectivity index (χ1n) is 5.76. The van der Waals surface area contributed by atoms with Gasteiger partial charge in [-0.3, -0.25) is 0 Å². The third-order valence-electron chi connectivity index (χ3n) is 3.26. The molecule has 18 heavy (non-hydrogen) atoms. The van der Waals surface area contributed by atoms with E-state index in [9.17, 15) is 0 Å². The number of benzene rings is 1. The van der Waals surface area contributed by atoms with Gasteiger partial charge >= 0.3 is 0 Å². The van der Waals surface area contributed by atoms with Gasteiger partial charge in [-0.05, 0) is 35.5 Å². The molecule has 2 aromatic rings. The molecule has 1 fully saturated rings. The van der Waals surface area contributed by atoms with Crippen molar-refractivity contribution in [2.45, 2.75) is 12.3 Å². The first-order chi connectivity index (χ1) is 8.83. The number of rotatable bonds is 1. The van der Waals surface area contributed by atoms with Gasteiger partial charge in [-0.1, -0.05) is 17.3 Å². The molecule has 0 amide bonds. The summed E-state index contributed by atoms with van der Waals surface area (Å²) in [6.45, 7) is 0. The Morgan fingerprint density at radius 1 is 1.33 bits per heavy atom. The summed E-state index contributed by atoms with van der Waals surface area (Å²) in [4.78, 5) is 0. The lowest BCUT2D eigenvalue weighted by atomic mass is 10.0. The molecule has 3 N–H and O–H groups in total. The number of aromatic nitrogens is 1. The second kappa shape index (κ2) is 3.36. The van der Waals surface area contributed by atoms with Gasteiger partial charge in [-0.15, -0.1) is 0 Å². The Morgan fingerprint density at radius 2 is 2.28 bits per heavy atom. The van der Waals surface area contributed by atoms with Gasteiger partial charge < -0.3 is 20.3 Å². The lowest BCUT2D eigenvalue weighted by Gasteiger charge is -2.03. The van der Waals surface area contributed by atoms with Gasteiger partial charge in [0.1, 0.15) is 6.10 Å². The summed E-state index contributed by atoms with van der Waals surface area (Å²) in [7, 11) is 0. The van der Waals surface area contributed by atoms with Crippen LogP contribution in [0, 0.1) is 0 Å². The number of nitrogens with one attached hydrogen (secondary N) is 1. The Balaban J connectivity index is 1.84. The quantitative estimate of drug-likeness (QED) is 0.742. The number of ether oxygens (including phenoxy) is 1. The molecule has 1 aromatic heterocycles. The van der Waals surface area contributed by atoms with Crippen LogP contribution in [0.4, 0.5) is 5.82 Å². The number of nitrogens with zero attached hydrogens (tertiary/aromatic N) is 1. The van der Waals surface area contributed by atoms with Crippen LogP contribution in [0.15, 0.2) is 41.1 Å². The summed E-state index contributed by atoms with van der Waals surface area (Å²) in [5.41, 5.74) is 8.69. The predicted molar refractivity (Wildman–Crippen MR) is 67.3 cm³/mol. The van der Waals surface area contributed by atoms with E-state index in [4.69, 9.17) is 15.0 Å². The van der Waals surface area contributed by atoms with Gasteiger partial charge in [0.15, 0.2) is 17.6 Å². The summed E-state index contributed by atoms with van der Waals surface area (Å²) < 4.78 is 10.6. The van der Waals surface area contributed by atoms with Crippen molar-refractivity contribution in [3.8, 4) is 0 Å². The van der Waals surface area contributed by atoms with Crippen LogP contribution in [0.25, 0.3) is 16.5 Å². The maximum atomic E-state index is 5.77. The van der Waals surface area contributed by atoms with Crippen molar-refractivity contribution < 1.29 is 9.26 Å². The zero-order valence-electron chi connectivity index (χ0n) is 9.46. The second-order valence-corrected chi connectivity index (χ2v) is 4.40. The average Bonchev–Trinajstić information content (AvgIpc) is 3.08. The number of epoxide rings is 1. The highest BCUT2D eigenvalue weighted by molar-refractivity contribution is 5.90. The number of fused-ring (bicyclic) bond motifs is 2. The fourth-order valence-electron chi connectivity index (χ4n) is 2.27. The number of allylic oxidation sites excluding steroid dienone is 2. The molecule has 1 saturated heterocycles. The van der Waals surface area contributed by atoms with E-state index in [0.29, 0.717) is 11.4 Å². The Hall–Kier alpha value is -2.27. The first kappa shape index (κ1) is 9.73. The zero-order valence-corrected chi connectivity index (χ0v) is 9.46. The molecule has 0 saturated carbocycles. The largest absolute Gasteiger partial charge is 0.380 e. The number of hydrogen-bond acceptors (Lipinski definition) is 5. The van der Waals surface area contributed by atoms with E-state index in [2.05, 4.69) is 16.5 Å². The van der Waals surface area contributed by atoms with E-state index in [0.717, 1.165) is 16.5 Å². The van der Waals surface area contributed by atoms with Gasteiger partial charge in [0.05, 0.1) is 5.39 Å². The number of anilines is 1. The number of hydrogen-bond donors (Lipinski definition) is 2. The van der Waals surface area contributed by atoms with Crippen LogP contribution in [-0.4, -0.2) is 17.5 Å². The monoisotopic (exact) mass is 241 g/mol.